The van der Waals surface area contributed by atoms with Gasteiger partial charge in [-0.3, -0.25) is 0 Å². The van der Waals surface area contributed by atoms with Gasteiger partial charge in [0.15, 0.2) is 0 Å². The fraction of sp³-hybridized carbons (Fsp3) is 0. The van der Waals surface area contributed by atoms with Gasteiger partial charge in [0.25, 0.3) is 0 Å². The molecule has 0 saturated carbocycles. The predicted octanol–water partition coefficient (Wildman–Crippen LogP) is 11.8. The lowest BCUT2D eigenvalue weighted by atomic mass is 9.98. The third kappa shape index (κ3) is 3.68. The number of anilines is 3. The van der Waals surface area contributed by atoms with Gasteiger partial charge in [0, 0.05) is 49.8 Å². The summed E-state index contributed by atoms with van der Waals surface area (Å²) in [6.07, 6.45) is 0. The van der Waals surface area contributed by atoms with Crippen LogP contribution in [-0.2, 0) is 0 Å². The van der Waals surface area contributed by atoms with E-state index in [0.29, 0.717) is 0 Å². The van der Waals surface area contributed by atoms with Crippen LogP contribution in [0.5, 0.6) is 0 Å². The average molecular weight is 552 g/mol. The standard InChI is InChI=1S/C40H25NO2/c1-3-11-26(12-4-1)27-19-21-29(22-20-27)41(28-13-5-2-6-14-28)34-25-37-38(33-16-8-10-18-36(33)42-37)39-32(34)24-23-31-30-15-7-9-17-35(30)43-40(31)39/h1-25H. The summed E-state index contributed by atoms with van der Waals surface area (Å²) in [5, 5.41) is 6.54. The molecule has 0 aliphatic heterocycles. The molecule has 3 nitrogen and oxygen atoms in total. The molecule has 0 aliphatic carbocycles. The van der Waals surface area contributed by atoms with Gasteiger partial charge in [0.1, 0.15) is 22.3 Å². The molecule has 43 heavy (non-hydrogen) atoms. The molecule has 2 aromatic heterocycles. The van der Waals surface area contributed by atoms with Crippen molar-refractivity contribution in [3.8, 4) is 11.1 Å². The first-order valence-corrected chi connectivity index (χ1v) is 14.5. The number of nitrogens with zero attached hydrogens (tertiary/aromatic N) is 1. The van der Waals surface area contributed by atoms with E-state index in [1.165, 1.54) is 11.1 Å². The van der Waals surface area contributed by atoms with Crippen LogP contribution in [0.2, 0.25) is 0 Å². The van der Waals surface area contributed by atoms with E-state index in [4.69, 9.17) is 8.83 Å². The molecular formula is C40H25NO2. The SMILES string of the molecule is c1ccc(-c2ccc(N(c3ccccc3)c3cc4oc5ccccc5c4c4c3ccc3c5ccccc5oc34)cc2)cc1. The number of rotatable bonds is 4. The Balaban J connectivity index is 1.38. The van der Waals surface area contributed by atoms with Crippen molar-refractivity contribution in [1.82, 2.24) is 0 Å². The first kappa shape index (κ1) is 23.9. The normalized spacial score (nSPS) is 11.7. The maximum atomic E-state index is 6.64. The van der Waals surface area contributed by atoms with Crippen LogP contribution in [0.25, 0.3) is 65.8 Å². The van der Waals surface area contributed by atoms with Crippen molar-refractivity contribution >= 4 is 71.7 Å². The van der Waals surface area contributed by atoms with Crippen molar-refractivity contribution in [1.29, 1.82) is 0 Å². The lowest BCUT2D eigenvalue weighted by Crippen LogP contribution is -2.10. The molecule has 0 aliphatic rings. The third-order valence-corrected chi connectivity index (χ3v) is 8.45. The van der Waals surface area contributed by atoms with Gasteiger partial charge in [-0.2, -0.15) is 0 Å². The Labute approximate surface area is 247 Å². The van der Waals surface area contributed by atoms with Crippen LogP contribution in [-0.4, -0.2) is 0 Å². The van der Waals surface area contributed by atoms with E-state index in [0.717, 1.165) is 71.7 Å². The quantitative estimate of drug-likeness (QED) is 0.218. The maximum absolute atomic E-state index is 6.64. The lowest BCUT2D eigenvalue weighted by Gasteiger charge is -2.27. The monoisotopic (exact) mass is 551 g/mol. The molecule has 0 N–H and O–H groups in total. The van der Waals surface area contributed by atoms with Crippen molar-refractivity contribution in [3.05, 3.63) is 152 Å². The summed E-state index contributed by atoms with van der Waals surface area (Å²) in [6.45, 7) is 0. The van der Waals surface area contributed by atoms with E-state index < -0.39 is 0 Å². The van der Waals surface area contributed by atoms with Crippen LogP contribution in [0.4, 0.5) is 17.1 Å². The van der Waals surface area contributed by atoms with Gasteiger partial charge in [0.2, 0.25) is 0 Å². The highest BCUT2D eigenvalue weighted by Gasteiger charge is 2.23. The Hall–Kier alpha value is -5.80. The first-order valence-electron chi connectivity index (χ1n) is 14.5. The van der Waals surface area contributed by atoms with Gasteiger partial charge in [-0.05, 0) is 53.6 Å². The highest BCUT2D eigenvalue weighted by molar-refractivity contribution is 6.30. The number of fused-ring (bicyclic) bond motifs is 9. The molecule has 202 valence electrons. The second-order valence-electron chi connectivity index (χ2n) is 10.9. The minimum atomic E-state index is 0.832. The third-order valence-electron chi connectivity index (χ3n) is 8.45. The molecule has 0 bridgehead atoms. The second kappa shape index (κ2) is 9.37. The van der Waals surface area contributed by atoms with Crippen LogP contribution in [0, 0.1) is 0 Å². The second-order valence-corrected chi connectivity index (χ2v) is 10.9. The molecule has 2 heterocycles. The van der Waals surface area contributed by atoms with Gasteiger partial charge in [-0.15, -0.1) is 0 Å². The summed E-state index contributed by atoms with van der Waals surface area (Å²) < 4.78 is 13.2. The highest BCUT2D eigenvalue weighted by Crippen LogP contribution is 2.48. The Morgan fingerprint density at radius 2 is 0.953 bits per heavy atom. The molecule has 0 fully saturated rings. The first-order chi connectivity index (χ1) is 21.3. The van der Waals surface area contributed by atoms with E-state index in [-0.39, 0.29) is 0 Å². The summed E-state index contributed by atoms with van der Waals surface area (Å²) in [4.78, 5) is 2.32. The Morgan fingerprint density at radius 1 is 0.372 bits per heavy atom. The van der Waals surface area contributed by atoms with Gasteiger partial charge >= 0.3 is 0 Å². The molecule has 7 aromatic carbocycles. The molecule has 0 unspecified atom stereocenters. The molecule has 9 aromatic rings. The number of hydrogen-bond donors (Lipinski definition) is 0. The Morgan fingerprint density at radius 3 is 1.72 bits per heavy atom. The van der Waals surface area contributed by atoms with Crippen LogP contribution in [0.15, 0.2) is 160 Å². The maximum Gasteiger partial charge on any atom is 0.144 e. The number of benzene rings is 7. The minimum absolute atomic E-state index is 0.832. The molecular weight excluding hydrogens is 526 g/mol. The molecule has 0 saturated heterocycles. The lowest BCUT2D eigenvalue weighted by molar-refractivity contribution is 0.668. The Kier molecular flexibility index (Phi) is 5.20. The van der Waals surface area contributed by atoms with Gasteiger partial charge in [0.05, 0.1) is 5.69 Å². The van der Waals surface area contributed by atoms with Crippen molar-refractivity contribution in [2.75, 3.05) is 4.90 Å². The number of hydrogen-bond acceptors (Lipinski definition) is 3. The van der Waals surface area contributed by atoms with Gasteiger partial charge < -0.3 is 13.7 Å². The summed E-state index contributed by atoms with van der Waals surface area (Å²) in [5.74, 6) is 0. The average Bonchev–Trinajstić information content (AvgIpc) is 3.64. The summed E-state index contributed by atoms with van der Waals surface area (Å²) in [6, 6.07) is 53.0. The largest absolute Gasteiger partial charge is 0.456 e. The number of para-hydroxylation sites is 3. The summed E-state index contributed by atoms with van der Waals surface area (Å²) >= 11 is 0. The van der Waals surface area contributed by atoms with Crippen molar-refractivity contribution in [3.63, 3.8) is 0 Å². The molecule has 9 rings (SSSR count). The Bertz CT molecular complexity index is 2440. The highest BCUT2D eigenvalue weighted by atomic mass is 16.3. The van der Waals surface area contributed by atoms with Crippen molar-refractivity contribution in [2.24, 2.45) is 0 Å². The van der Waals surface area contributed by atoms with Crippen LogP contribution < -0.4 is 4.90 Å². The van der Waals surface area contributed by atoms with E-state index in [1.807, 2.05) is 30.3 Å². The van der Waals surface area contributed by atoms with Gasteiger partial charge in [-0.1, -0.05) is 103 Å². The van der Waals surface area contributed by atoms with Crippen LogP contribution >= 0.6 is 0 Å². The fourth-order valence-corrected chi connectivity index (χ4v) is 6.50. The molecule has 0 radical (unpaired) electrons. The van der Waals surface area contributed by atoms with E-state index in [1.54, 1.807) is 0 Å². The minimum Gasteiger partial charge on any atom is -0.456 e. The van der Waals surface area contributed by atoms with E-state index in [9.17, 15) is 0 Å². The van der Waals surface area contributed by atoms with E-state index in [2.05, 4.69) is 126 Å². The van der Waals surface area contributed by atoms with Crippen LogP contribution in [0.3, 0.4) is 0 Å². The van der Waals surface area contributed by atoms with Gasteiger partial charge in [-0.25, -0.2) is 0 Å². The zero-order valence-corrected chi connectivity index (χ0v) is 23.2. The van der Waals surface area contributed by atoms with E-state index >= 15 is 0 Å². The smallest absolute Gasteiger partial charge is 0.144 e. The summed E-state index contributed by atoms with van der Waals surface area (Å²) in [5.41, 5.74) is 8.99. The number of furan rings is 2. The zero-order valence-electron chi connectivity index (χ0n) is 23.2. The zero-order chi connectivity index (χ0) is 28.3. The van der Waals surface area contributed by atoms with Crippen molar-refractivity contribution in [2.45, 2.75) is 0 Å². The summed E-state index contributed by atoms with van der Waals surface area (Å²) in [7, 11) is 0. The fourth-order valence-electron chi connectivity index (χ4n) is 6.50. The van der Waals surface area contributed by atoms with Crippen LogP contribution in [0.1, 0.15) is 0 Å². The molecule has 0 atom stereocenters. The molecule has 3 heteroatoms. The van der Waals surface area contributed by atoms with Crippen molar-refractivity contribution < 1.29 is 8.83 Å². The topological polar surface area (TPSA) is 29.5 Å². The predicted molar refractivity (Wildman–Crippen MR) is 179 cm³/mol. The molecule has 0 amide bonds. The molecule has 0 spiro atoms.